The van der Waals surface area contributed by atoms with Gasteiger partial charge in [0.15, 0.2) is 11.5 Å². The average Bonchev–Trinajstić information content (AvgIpc) is 3.18. The number of hydrogen-bond acceptors (Lipinski definition) is 4. The van der Waals surface area contributed by atoms with Crippen LogP contribution in [0.25, 0.3) is 0 Å². The Balaban J connectivity index is 1.62. The molecular formula is C22H32N2O4. The third kappa shape index (κ3) is 7.62. The third-order valence-corrected chi connectivity index (χ3v) is 4.76. The van der Waals surface area contributed by atoms with Gasteiger partial charge in [-0.3, -0.25) is 4.79 Å². The summed E-state index contributed by atoms with van der Waals surface area (Å²) >= 11 is 0. The Hall–Kier alpha value is -2.50. The molecule has 0 atom stereocenters. The van der Waals surface area contributed by atoms with Crippen LogP contribution in [-0.2, 0) is 11.3 Å². The highest BCUT2D eigenvalue weighted by atomic mass is 16.5. The maximum atomic E-state index is 11.1. The summed E-state index contributed by atoms with van der Waals surface area (Å²) in [5, 5.41) is 9.14. The fourth-order valence-corrected chi connectivity index (χ4v) is 2.82. The van der Waals surface area contributed by atoms with Crippen molar-refractivity contribution in [3.05, 3.63) is 43.0 Å². The van der Waals surface area contributed by atoms with Gasteiger partial charge in [0.2, 0.25) is 0 Å². The van der Waals surface area contributed by atoms with Gasteiger partial charge in [0.05, 0.1) is 25.0 Å². The zero-order valence-electron chi connectivity index (χ0n) is 17.0. The van der Waals surface area contributed by atoms with E-state index in [1.165, 1.54) is 0 Å². The van der Waals surface area contributed by atoms with Crippen molar-refractivity contribution < 1.29 is 19.4 Å². The van der Waals surface area contributed by atoms with E-state index in [0.717, 1.165) is 50.1 Å². The molecule has 0 saturated heterocycles. The molecule has 0 amide bonds. The molecule has 0 radical (unpaired) electrons. The minimum atomic E-state index is -0.753. The molecule has 6 nitrogen and oxygen atoms in total. The first-order valence-corrected chi connectivity index (χ1v) is 10.0. The van der Waals surface area contributed by atoms with Crippen LogP contribution in [0.15, 0.2) is 43.0 Å². The van der Waals surface area contributed by atoms with Crippen LogP contribution in [0, 0.1) is 5.41 Å². The van der Waals surface area contributed by atoms with E-state index in [1.54, 1.807) is 20.0 Å². The number of aromatic nitrogens is 2. The number of nitrogens with zero attached hydrogens (tertiary/aromatic N) is 2. The Labute approximate surface area is 167 Å². The number of aryl methyl sites for hydroxylation is 1. The highest BCUT2D eigenvalue weighted by Gasteiger charge is 2.25. The predicted molar refractivity (Wildman–Crippen MR) is 109 cm³/mol. The van der Waals surface area contributed by atoms with E-state index in [4.69, 9.17) is 14.6 Å². The van der Waals surface area contributed by atoms with Crippen molar-refractivity contribution in [2.75, 3.05) is 13.2 Å². The lowest BCUT2D eigenvalue weighted by Gasteiger charge is -2.18. The highest BCUT2D eigenvalue weighted by Crippen LogP contribution is 2.28. The van der Waals surface area contributed by atoms with Gasteiger partial charge in [-0.25, -0.2) is 4.98 Å². The maximum Gasteiger partial charge on any atom is 0.309 e. The summed E-state index contributed by atoms with van der Waals surface area (Å²) in [7, 11) is 0. The fourth-order valence-electron chi connectivity index (χ4n) is 2.82. The van der Waals surface area contributed by atoms with Crippen LogP contribution in [0.2, 0.25) is 0 Å². The molecule has 0 spiro atoms. The lowest BCUT2D eigenvalue weighted by molar-refractivity contribution is -0.147. The Kier molecular flexibility index (Phi) is 8.85. The second kappa shape index (κ2) is 11.4. The van der Waals surface area contributed by atoms with Crippen LogP contribution in [0.1, 0.15) is 52.4 Å². The smallest absolute Gasteiger partial charge is 0.309 e. The van der Waals surface area contributed by atoms with Crippen LogP contribution in [-0.4, -0.2) is 33.8 Å². The van der Waals surface area contributed by atoms with E-state index in [-0.39, 0.29) is 0 Å². The summed E-state index contributed by atoms with van der Waals surface area (Å²) in [6.45, 7) is 5.72. The van der Waals surface area contributed by atoms with Crippen molar-refractivity contribution in [1.29, 1.82) is 0 Å². The fraction of sp³-hybridized carbons (Fsp3) is 0.545. The van der Waals surface area contributed by atoms with E-state index in [0.29, 0.717) is 19.6 Å². The largest absolute Gasteiger partial charge is 0.490 e. The Morgan fingerprint density at radius 1 is 1.04 bits per heavy atom. The van der Waals surface area contributed by atoms with Crippen LogP contribution < -0.4 is 9.47 Å². The van der Waals surface area contributed by atoms with Crippen LogP contribution in [0.5, 0.6) is 11.5 Å². The molecule has 0 unspecified atom stereocenters. The summed E-state index contributed by atoms with van der Waals surface area (Å²) in [4.78, 5) is 15.2. The first kappa shape index (κ1) is 21.8. The Morgan fingerprint density at radius 3 is 2.25 bits per heavy atom. The molecular weight excluding hydrogens is 356 g/mol. The molecule has 2 aromatic rings. The molecule has 1 heterocycles. The standard InChI is InChI=1S/C22H32N2O4/c1-22(2,21(25)26)12-6-9-17-28-20-11-5-4-10-19(20)27-16-8-3-7-14-24-15-13-23-18-24/h4-5,10-11,13,15,18H,3,6-9,12,14,16-17H2,1-2H3,(H,25,26). The number of imidazole rings is 1. The number of para-hydroxylation sites is 2. The van der Waals surface area contributed by atoms with Crippen molar-refractivity contribution in [3.63, 3.8) is 0 Å². The lowest BCUT2D eigenvalue weighted by atomic mass is 9.87. The van der Waals surface area contributed by atoms with Gasteiger partial charge in [0.1, 0.15) is 0 Å². The molecule has 0 fully saturated rings. The van der Waals surface area contributed by atoms with Crippen LogP contribution in [0.3, 0.4) is 0 Å². The number of rotatable bonds is 14. The van der Waals surface area contributed by atoms with Gasteiger partial charge in [-0.15, -0.1) is 0 Å². The summed E-state index contributed by atoms with van der Waals surface area (Å²) in [5.41, 5.74) is -0.682. The van der Waals surface area contributed by atoms with Crippen LogP contribution in [0.4, 0.5) is 0 Å². The normalized spacial score (nSPS) is 11.4. The number of carboxylic acid groups (broad SMARTS) is 1. The summed E-state index contributed by atoms with van der Waals surface area (Å²) in [6.07, 6.45) is 11.1. The van der Waals surface area contributed by atoms with Gasteiger partial charge in [0, 0.05) is 18.9 Å². The van der Waals surface area contributed by atoms with E-state index in [1.807, 2.05) is 36.8 Å². The number of benzene rings is 1. The summed E-state index contributed by atoms with van der Waals surface area (Å²) in [5.74, 6) is 0.763. The van der Waals surface area contributed by atoms with Crippen molar-refractivity contribution in [3.8, 4) is 11.5 Å². The molecule has 0 aliphatic heterocycles. The second-order valence-corrected chi connectivity index (χ2v) is 7.65. The molecule has 2 rings (SSSR count). The van der Waals surface area contributed by atoms with E-state index >= 15 is 0 Å². The minimum absolute atomic E-state index is 0.557. The molecule has 0 aliphatic rings. The molecule has 154 valence electrons. The number of carboxylic acids is 1. The lowest BCUT2D eigenvalue weighted by Crippen LogP contribution is -2.23. The summed E-state index contributed by atoms with van der Waals surface area (Å²) in [6, 6.07) is 7.71. The minimum Gasteiger partial charge on any atom is -0.490 e. The predicted octanol–water partition coefficient (Wildman–Crippen LogP) is 4.79. The number of unbranched alkanes of at least 4 members (excludes halogenated alkanes) is 3. The number of aliphatic carboxylic acids is 1. The highest BCUT2D eigenvalue weighted by molar-refractivity contribution is 5.73. The van der Waals surface area contributed by atoms with Gasteiger partial charge in [-0.1, -0.05) is 12.1 Å². The summed E-state index contributed by atoms with van der Waals surface area (Å²) < 4.78 is 13.8. The SMILES string of the molecule is CC(C)(CCCCOc1ccccc1OCCCCCn1ccnc1)C(=O)O. The van der Waals surface area contributed by atoms with Gasteiger partial charge in [-0.05, 0) is 64.5 Å². The molecule has 1 aromatic carbocycles. The van der Waals surface area contributed by atoms with Gasteiger partial charge in [0.25, 0.3) is 0 Å². The third-order valence-electron chi connectivity index (χ3n) is 4.76. The quantitative estimate of drug-likeness (QED) is 0.471. The molecule has 6 heteroatoms. The second-order valence-electron chi connectivity index (χ2n) is 7.65. The number of carbonyl (C=O) groups is 1. The number of hydrogen-bond donors (Lipinski definition) is 1. The number of ether oxygens (including phenoxy) is 2. The molecule has 0 aliphatic carbocycles. The van der Waals surface area contributed by atoms with Crippen molar-refractivity contribution in [1.82, 2.24) is 9.55 Å². The van der Waals surface area contributed by atoms with Crippen molar-refractivity contribution >= 4 is 5.97 Å². The molecule has 28 heavy (non-hydrogen) atoms. The Morgan fingerprint density at radius 2 is 1.68 bits per heavy atom. The van der Waals surface area contributed by atoms with E-state index in [9.17, 15) is 4.79 Å². The van der Waals surface area contributed by atoms with Crippen LogP contribution >= 0.6 is 0 Å². The monoisotopic (exact) mass is 388 g/mol. The first-order chi connectivity index (χ1) is 13.5. The average molecular weight is 389 g/mol. The first-order valence-electron chi connectivity index (χ1n) is 10.0. The van der Waals surface area contributed by atoms with Crippen molar-refractivity contribution in [2.24, 2.45) is 5.41 Å². The topological polar surface area (TPSA) is 73.6 Å². The molecule has 1 N–H and O–H groups in total. The molecule has 1 aromatic heterocycles. The zero-order chi connectivity index (χ0) is 20.2. The van der Waals surface area contributed by atoms with Crippen molar-refractivity contribution in [2.45, 2.75) is 58.9 Å². The van der Waals surface area contributed by atoms with Gasteiger partial charge in [-0.2, -0.15) is 0 Å². The van der Waals surface area contributed by atoms with Gasteiger partial charge >= 0.3 is 5.97 Å². The Bertz CT molecular complexity index is 698. The van der Waals surface area contributed by atoms with Gasteiger partial charge < -0.3 is 19.1 Å². The van der Waals surface area contributed by atoms with E-state index < -0.39 is 11.4 Å². The zero-order valence-corrected chi connectivity index (χ0v) is 17.0. The molecule has 0 saturated carbocycles. The molecule has 0 bridgehead atoms. The maximum absolute atomic E-state index is 11.1. The van der Waals surface area contributed by atoms with E-state index in [2.05, 4.69) is 9.55 Å².